The van der Waals surface area contributed by atoms with E-state index < -0.39 is 0 Å². The first kappa shape index (κ1) is 38.4. The molecule has 0 saturated carbocycles. The molecule has 2 aliphatic heterocycles. The summed E-state index contributed by atoms with van der Waals surface area (Å²) in [5, 5.41) is 8.91. The van der Waals surface area contributed by atoms with Gasteiger partial charge in [-0.2, -0.15) is 0 Å². The number of carbonyl (C=O) groups is 2. The Hall–Kier alpha value is -6.83. The molecule has 3 aliphatic rings. The second-order valence-corrected chi connectivity index (χ2v) is 15.8. The van der Waals surface area contributed by atoms with Crippen LogP contribution in [0.2, 0.25) is 0 Å². The zero-order valence-corrected chi connectivity index (χ0v) is 34.9. The summed E-state index contributed by atoms with van der Waals surface area (Å²) < 4.78 is 10.2. The monoisotopic (exact) mass is 840 g/mol. The molecule has 11 rings (SSSR count). The van der Waals surface area contributed by atoms with Crippen LogP contribution in [0.1, 0.15) is 62.3 Å². The molecule has 5 heterocycles. The van der Waals surface area contributed by atoms with Gasteiger partial charge in [0.1, 0.15) is 0 Å². The van der Waals surface area contributed by atoms with Crippen LogP contribution < -0.4 is 9.97 Å². The van der Waals surface area contributed by atoms with Crippen LogP contribution in [0.4, 0.5) is 0 Å². The van der Waals surface area contributed by atoms with Gasteiger partial charge in [-0.1, -0.05) is 109 Å². The van der Waals surface area contributed by atoms with Crippen molar-refractivity contribution < 1.29 is 35.6 Å². The fourth-order valence-electron chi connectivity index (χ4n) is 9.72. The van der Waals surface area contributed by atoms with E-state index in [4.69, 9.17) is 29.4 Å². The Morgan fingerprint density at radius 2 is 0.918 bits per heavy atom. The predicted octanol–water partition coefficient (Wildman–Crippen LogP) is 11.6. The summed E-state index contributed by atoms with van der Waals surface area (Å²) in [5.74, 6) is -0.558. The van der Waals surface area contributed by atoms with E-state index in [0.717, 1.165) is 127 Å². The van der Waals surface area contributed by atoms with Crippen LogP contribution in [0.25, 0.3) is 110 Å². The third-order valence-corrected chi connectivity index (χ3v) is 12.6. The molecule has 8 nitrogen and oxygen atoms in total. The smallest absolute Gasteiger partial charge is 0.657 e. The number of rotatable bonds is 6. The summed E-state index contributed by atoms with van der Waals surface area (Å²) in [5.41, 5.74) is 14.5. The van der Waals surface area contributed by atoms with Crippen LogP contribution in [0.15, 0.2) is 109 Å². The Balaban J connectivity index is 0.00000445. The van der Waals surface area contributed by atoms with Crippen LogP contribution in [0.5, 0.6) is 0 Å². The number of methoxy groups -OCH3 is 2. The first-order valence-electron chi connectivity index (χ1n) is 20.3. The minimum Gasteiger partial charge on any atom is -0.657 e. The predicted molar refractivity (Wildman–Crippen MR) is 241 cm³/mol. The van der Waals surface area contributed by atoms with Gasteiger partial charge in [-0.05, 0) is 114 Å². The molecule has 0 spiro atoms. The minimum atomic E-state index is -0.279. The second-order valence-electron chi connectivity index (χ2n) is 15.8. The maximum Gasteiger partial charge on any atom is 2.00 e. The van der Waals surface area contributed by atoms with Gasteiger partial charge in [-0.15, -0.1) is 22.1 Å². The third-order valence-electron chi connectivity index (χ3n) is 12.6. The van der Waals surface area contributed by atoms with E-state index in [1.54, 1.807) is 0 Å². The molecule has 0 amide bonds. The molecule has 3 aromatic heterocycles. The summed E-state index contributed by atoms with van der Waals surface area (Å²) in [6.45, 7) is 4.16. The summed E-state index contributed by atoms with van der Waals surface area (Å²) in [6, 6.07) is 38.2. The van der Waals surface area contributed by atoms with Crippen molar-refractivity contribution in [2.24, 2.45) is 0 Å². The summed E-state index contributed by atoms with van der Waals surface area (Å²) >= 11 is 0. The zero-order chi connectivity index (χ0) is 40.8. The molecule has 1 aliphatic carbocycles. The van der Waals surface area contributed by atoms with Crippen LogP contribution in [-0.4, -0.2) is 36.1 Å². The Kier molecular flexibility index (Phi) is 9.26. The molecule has 61 heavy (non-hydrogen) atoms. The fourth-order valence-corrected chi connectivity index (χ4v) is 9.72. The fraction of sp³-hybridized carbons (Fsp3) is 0.154. The number of fused-ring (bicyclic) bond motifs is 21. The molecule has 0 N–H and O–H groups in total. The second kappa shape index (κ2) is 14.7. The molecule has 0 unspecified atom stereocenters. The SMILES string of the molecule is COC(=O)CCC1=C(C)c2cc3[n-]c(cc4nc(cc5[n-]c(cc1n2)c1c5-c2cccc5cccc-1c25)C(CCC(=O)OC)=C4C)c1c2ccccc2c2ccccc2c31.[Ni+2]. The normalized spacial score (nSPS) is 13.0. The van der Waals surface area contributed by atoms with Gasteiger partial charge in [0.15, 0.2) is 0 Å². The average Bonchev–Trinajstić information content (AvgIpc) is 4.05. The van der Waals surface area contributed by atoms with E-state index in [1.165, 1.54) is 19.6 Å². The van der Waals surface area contributed by atoms with Crippen molar-refractivity contribution in [3.05, 3.63) is 132 Å². The molecular formula is C52H38N4NiO4. The number of benzene rings is 5. The van der Waals surface area contributed by atoms with Crippen molar-refractivity contribution in [2.45, 2.75) is 39.5 Å². The topological polar surface area (TPSA) is 107 Å². The number of hydrogen-bond acceptors (Lipinski definition) is 6. The van der Waals surface area contributed by atoms with Gasteiger partial charge in [-0.25, -0.2) is 9.97 Å². The summed E-state index contributed by atoms with van der Waals surface area (Å²) in [7, 11) is 2.85. The molecule has 8 aromatic rings. The summed E-state index contributed by atoms with van der Waals surface area (Å²) in [6.07, 6.45) is 1.33. The number of allylic oxidation sites excluding steroid dienone is 4. The molecule has 0 radical (unpaired) electrons. The Morgan fingerprint density at radius 1 is 0.508 bits per heavy atom. The average molecular weight is 842 g/mol. The number of aromatic nitrogens is 4. The Labute approximate surface area is 361 Å². The van der Waals surface area contributed by atoms with Crippen molar-refractivity contribution in [1.82, 2.24) is 19.9 Å². The molecule has 5 aromatic carbocycles. The van der Waals surface area contributed by atoms with Gasteiger partial charge in [-0.3, -0.25) is 9.59 Å². The van der Waals surface area contributed by atoms with Crippen molar-refractivity contribution in [3.8, 4) is 22.3 Å². The van der Waals surface area contributed by atoms with Gasteiger partial charge < -0.3 is 19.4 Å². The number of carbonyl (C=O) groups excluding carboxylic acids is 2. The van der Waals surface area contributed by atoms with Crippen LogP contribution in [0, 0.1) is 0 Å². The standard InChI is InChI=1S/C52H38N4O4.Ni/c1-27-30(19-21-46(57)59-3)40-25-44-51-36-17-9-11-29-12-10-18-37(48(29)36)52(51)45(56-44)26-41-31(20-22-47(58)60-4)28(2)39(54-41)24-43-50-35-16-8-6-14-33(35)32-13-5-7-15-34(32)49(50)42(55-43)23-38(27)53-40;/h5-18,23-26H,19-22H2,1-4H3;/q-2;+2. The van der Waals surface area contributed by atoms with Crippen LogP contribution in [0.3, 0.4) is 0 Å². The number of ether oxygens (including phenoxy) is 2. The van der Waals surface area contributed by atoms with Gasteiger partial charge in [0.05, 0.1) is 37.0 Å². The Morgan fingerprint density at radius 3 is 1.36 bits per heavy atom. The van der Waals surface area contributed by atoms with E-state index in [-0.39, 0.29) is 41.3 Å². The number of esters is 2. The van der Waals surface area contributed by atoms with Crippen molar-refractivity contribution in [1.29, 1.82) is 0 Å². The van der Waals surface area contributed by atoms with Crippen LogP contribution in [-0.2, 0) is 35.6 Å². The van der Waals surface area contributed by atoms with Gasteiger partial charge >= 0.3 is 28.4 Å². The Bertz CT molecular complexity index is 3260. The van der Waals surface area contributed by atoms with Gasteiger partial charge in [0.25, 0.3) is 0 Å². The van der Waals surface area contributed by atoms with Crippen molar-refractivity contribution in [3.63, 3.8) is 0 Å². The minimum absolute atomic E-state index is 0. The van der Waals surface area contributed by atoms with E-state index >= 15 is 0 Å². The van der Waals surface area contributed by atoms with E-state index in [0.29, 0.717) is 12.8 Å². The van der Waals surface area contributed by atoms with Crippen molar-refractivity contribution >= 4 is 99.4 Å². The molecule has 0 saturated heterocycles. The number of nitrogens with zero attached hydrogens (tertiary/aromatic N) is 4. The quantitative estimate of drug-likeness (QED) is 0.0925. The molecule has 0 fully saturated rings. The maximum atomic E-state index is 12.6. The number of hydrogen-bond donors (Lipinski definition) is 0. The summed E-state index contributed by atoms with van der Waals surface area (Å²) in [4.78, 5) is 46.8. The molecular weight excluding hydrogens is 803 g/mol. The first-order valence-corrected chi connectivity index (χ1v) is 20.3. The van der Waals surface area contributed by atoms with Gasteiger partial charge in [0, 0.05) is 12.8 Å². The van der Waals surface area contributed by atoms with Crippen LogP contribution >= 0.6 is 0 Å². The third kappa shape index (κ3) is 5.93. The molecule has 8 bridgehead atoms. The largest absolute Gasteiger partial charge is 2.00 e. The van der Waals surface area contributed by atoms with E-state index in [9.17, 15) is 9.59 Å². The molecule has 9 heteroatoms. The zero-order valence-electron chi connectivity index (χ0n) is 34.0. The van der Waals surface area contributed by atoms with E-state index in [2.05, 4.69) is 123 Å². The van der Waals surface area contributed by atoms with Crippen molar-refractivity contribution in [2.75, 3.05) is 14.2 Å². The van der Waals surface area contributed by atoms with E-state index in [1.807, 2.05) is 0 Å². The maximum absolute atomic E-state index is 12.6. The molecule has 0 atom stereocenters. The molecule has 300 valence electrons. The first-order chi connectivity index (χ1) is 29.3. The van der Waals surface area contributed by atoms with Gasteiger partial charge in [0.2, 0.25) is 0 Å².